The molecule has 0 radical (unpaired) electrons. The second-order valence-corrected chi connectivity index (χ2v) is 5.34. The van der Waals surface area contributed by atoms with Gasteiger partial charge in [0.05, 0.1) is 12.0 Å². The van der Waals surface area contributed by atoms with Crippen molar-refractivity contribution in [1.82, 2.24) is 5.32 Å². The third kappa shape index (κ3) is 4.06. The summed E-state index contributed by atoms with van der Waals surface area (Å²) in [5, 5.41) is 13.7. The van der Waals surface area contributed by atoms with Crippen LogP contribution in [0.1, 0.15) is 15.2 Å². The predicted molar refractivity (Wildman–Crippen MR) is 79.4 cm³/mol. The molecule has 1 aromatic carbocycles. The van der Waals surface area contributed by atoms with Crippen molar-refractivity contribution in [2.24, 2.45) is 0 Å². The van der Waals surface area contributed by atoms with Crippen LogP contribution < -0.4 is 5.32 Å². The van der Waals surface area contributed by atoms with Crippen molar-refractivity contribution >= 4 is 23.2 Å². The van der Waals surface area contributed by atoms with Gasteiger partial charge in [-0.2, -0.15) is 0 Å². The number of carbonyl (C=O) groups excluding carboxylic acids is 2. The minimum absolute atomic E-state index is 0.149. The van der Waals surface area contributed by atoms with Gasteiger partial charge in [0, 0.05) is 6.42 Å². The van der Waals surface area contributed by atoms with E-state index < -0.39 is 12.0 Å². The highest BCUT2D eigenvalue weighted by Crippen LogP contribution is 2.13. The number of hydrogen-bond acceptors (Lipinski definition) is 5. The molecule has 2 rings (SSSR count). The first kappa shape index (κ1) is 15.1. The van der Waals surface area contributed by atoms with E-state index in [9.17, 15) is 14.7 Å². The van der Waals surface area contributed by atoms with Crippen molar-refractivity contribution in [3.63, 3.8) is 0 Å². The molecule has 0 unspecified atom stereocenters. The maximum atomic E-state index is 12.0. The Bertz CT molecular complexity index is 607. The fraction of sp³-hybridized carbons (Fsp3) is 0.200. The van der Waals surface area contributed by atoms with Crippen LogP contribution in [-0.4, -0.2) is 30.1 Å². The van der Waals surface area contributed by atoms with E-state index in [1.54, 1.807) is 29.6 Å². The molecular weight excluding hydrogens is 290 g/mol. The van der Waals surface area contributed by atoms with Crippen LogP contribution in [0, 0.1) is 0 Å². The number of amides is 1. The quantitative estimate of drug-likeness (QED) is 0.828. The van der Waals surface area contributed by atoms with Crippen LogP contribution in [0.15, 0.2) is 41.8 Å². The van der Waals surface area contributed by atoms with Gasteiger partial charge in [0.1, 0.15) is 11.8 Å². The average molecular weight is 305 g/mol. The molecular formula is C15H15NO4S. The minimum atomic E-state index is -0.769. The Labute approximate surface area is 126 Å². The van der Waals surface area contributed by atoms with Gasteiger partial charge in [-0.05, 0) is 29.1 Å². The van der Waals surface area contributed by atoms with E-state index in [1.807, 2.05) is 0 Å². The summed E-state index contributed by atoms with van der Waals surface area (Å²) >= 11 is 1.30. The lowest BCUT2D eigenvalue weighted by Gasteiger charge is -2.16. The number of hydrogen-bond donors (Lipinski definition) is 2. The molecule has 6 heteroatoms. The van der Waals surface area contributed by atoms with Crippen LogP contribution in [0.3, 0.4) is 0 Å². The lowest BCUT2D eigenvalue weighted by Crippen LogP contribution is -2.42. The molecule has 110 valence electrons. The summed E-state index contributed by atoms with van der Waals surface area (Å²) in [6.45, 7) is 0. The molecule has 0 aliphatic heterocycles. The Hall–Kier alpha value is -2.34. The Morgan fingerprint density at radius 3 is 2.57 bits per heavy atom. The van der Waals surface area contributed by atoms with Gasteiger partial charge >= 0.3 is 5.97 Å². The highest BCUT2D eigenvalue weighted by atomic mass is 32.1. The largest absolute Gasteiger partial charge is 0.508 e. The molecule has 1 heterocycles. The molecule has 2 N–H and O–H groups in total. The minimum Gasteiger partial charge on any atom is -0.508 e. The molecule has 1 atom stereocenters. The van der Waals surface area contributed by atoms with Crippen molar-refractivity contribution in [1.29, 1.82) is 0 Å². The van der Waals surface area contributed by atoms with Crippen LogP contribution >= 0.6 is 11.3 Å². The number of aromatic hydroxyl groups is 1. The Morgan fingerprint density at radius 2 is 2.00 bits per heavy atom. The number of phenolic OH excluding ortho intramolecular Hbond substituents is 1. The first-order chi connectivity index (χ1) is 10.1. The number of methoxy groups -OCH3 is 1. The van der Waals surface area contributed by atoms with Gasteiger partial charge in [0.2, 0.25) is 0 Å². The van der Waals surface area contributed by atoms with Crippen LogP contribution in [0.5, 0.6) is 5.75 Å². The van der Waals surface area contributed by atoms with Crippen molar-refractivity contribution in [3.8, 4) is 5.75 Å². The third-order valence-corrected chi connectivity index (χ3v) is 3.78. The number of ether oxygens (including phenoxy) is 1. The van der Waals surface area contributed by atoms with Gasteiger partial charge < -0.3 is 15.2 Å². The monoisotopic (exact) mass is 305 g/mol. The number of phenols is 1. The molecule has 21 heavy (non-hydrogen) atoms. The summed E-state index contributed by atoms with van der Waals surface area (Å²) in [6.07, 6.45) is 0.296. The first-order valence-electron chi connectivity index (χ1n) is 6.30. The van der Waals surface area contributed by atoms with E-state index in [-0.39, 0.29) is 11.7 Å². The molecule has 2 aromatic rings. The molecule has 1 amide bonds. The standard InChI is InChI=1S/C15H15NO4S/c1-20-15(19)12(9-10-4-6-11(17)7-5-10)16-14(18)13-3-2-8-21-13/h2-8,12,17H,9H2,1H3,(H,16,18)/t12-/m1/s1. The van der Waals surface area contributed by atoms with E-state index in [1.165, 1.54) is 30.6 Å². The highest BCUT2D eigenvalue weighted by molar-refractivity contribution is 7.12. The SMILES string of the molecule is COC(=O)[C@@H](Cc1ccc(O)cc1)NC(=O)c1cccs1. The van der Waals surface area contributed by atoms with Crippen LogP contribution in [0.2, 0.25) is 0 Å². The summed E-state index contributed by atoms with van der Waals surface area (Å²) in [6, 6.07) is 9.15. The molecule has 0 saturated heterocycles. The lowest BCUT2D eigenvalue weighted by atomic mass is 10.1. The van der Waals surface area contributed by atoms with E-state index in [0.717, 1.165) is 5.56 Å². The Balaban J connectivity index is 2.09. The first-order valence-corrected chi connectivity index (χ1v) is 7.18. The third-order valence-electron chi connectivity index (χ3n) is 2.91. The maximum absolute atomic E-state index is 12.0. The summed E-state index contributed by atoms with van der Waals surface area (Å²) in [5.41, 5.74) is 0.815. The van der Waals surface area contributed by atoms with Gasteiger partial charge in [-0.1, -0.05) is 18.2 Å². The van der Waals surface area contributed by atoms with Gasteiger partial charge in [-0.3, -0.25) is 4.79 Å². The normalized spacial score (nSPS) is 11.7. The van der Waals surface area contributed by atoms with E-state index in [2.05, 4.69) is 5.32 Å². The summed E-state index contributed by atoms with van der Waals surface area (Å²) in [7, 11) is 1.28. The van der Waals surface area contributed by atoms with Crippen molar-refractivity contribution < 1.29 is 19.4 Å². The molecule has 0 saturated carbocycles. The fourth-order valence-electron chi connectivity index (χ4n) is 1.84. The molecule has 0 fully saturated rings. The van der Waals surface area contributed by atoms with Crippen LogP contribution in [0.4, 0.5) is 0 Å². The topological polar surface area (TPSA) is 75.6 Å². The maximum Gasteiger partial charge on any atom is 0.328 e. The Kier molecular flexibility index (Phi) is 4.94. The summed E-state index contributed by atoms with van der Waals surface area (Å²) < 4.78 is 4.73. The number of nitrogens with one attached hydrogen (secondary N) is 1. The molecule has 5 nitrogen and oxygen atoms in total. The second-order valence-electron chi connectivity index (χ2n) is 4.40. The van der Waals surface area contributed by atoms with E-state index >= 15 is 0 Å². The smallest absolute Gasteiger partial charge is 0.328 e. The Morgan fingerprint density at radius 1 is 1.29 bits per heavy atom. The molecule has 1 aromatic heterocycles. The summed E-state index contributed by atoms with van der Waals surface area (Å²) in [4.78, 5) is 24.4. The van der Waals surface area contributed by atoms with E-state index in [0.29, 0.717) is 11.3 Å². The van der Waals surface area contributed by atoms with Gasteiger partial charge in [0.25, 0.3) is 5.91 Å². The van der Waals surface area contributed by atoms with Crippen molar-refractivity contribution in [3.05, 3.63) is 52.2 Å². The second kappa shape index (κ2) is 6.90. The lowest BCUT2D eigenvalue weighted by molar-refractivity contribution is -0.142. The fourth-order valence-corrected chi connectivity index (χ4v) is 2.47. The molecule has 0 spiro atoms. The zero-order valence-electron chi connectivity index (χ0n) is 11.4. The zero-order chi connectivity index (χ0) is 15.2. The molecule has 0 aliphatic carbocycles. The number of thiophene rings is 1. The number of rotatable bonds is 5. The van der Waals surface area contributed by atoms with Gasteiger partial charge in [-0.25, -0.2) is 4.79 Å². The number of carbonyl (C=O) groups is 2. The van der Waals surface area contributed by atoms with Crippen LogP contribution in [-0.2, 0) is 16.0 Å². The van der Waals surface area contributed by atoms with Gasteiger partial charge in [0.15, 0.2) is 0 Å². The predicted octanol–water partition coefficient (Wildman–Crippen LogP) is 1.97. The average Bonchev–Trinajstić information content (AvgIpc) is 3.02. The number of benzene rings is 1. The number of esters is 1. The van der Waals surface area contributed by atoms with E-state index in [4.69, 9.17) is 4.74 Å². The van der Waals surface area contributed by atoms with Gasteiger partial charge in [-0.15, -0.1) is 11.3 Å². The zero-order valence-corrected chi connectivity index (χ0v) is 12.2. The van der Waals surface area contributed by atoms with Crippen LogP contribution in [0.25, 0.3) is 0 Å². The van der Waals surface area contributed by atoms with Crippen molar-refractivity contribution in [2.45, 2.75) is 12.5 Å². The molecule has 0 aliphatic rings. The summed E-state index contributed by atoms with van der Waals surface area (Å²) in [5.74, 6) is -0.664. The molecule has 0 bridgehead atoms. The highest BCUT2D eigenvalue weighted by Gasteiger charge is 2.22. The van der Waals surface area contributed by atoms with Crippen molar-refractivity contribution in [2.75, 3.05) is 7.11 Å².